The molecule has 0 aromatic heterocycles. The number of carboxylic acid groups (broad SMARTS) is 1. The topological polar surface area (TPSA) is 63.6 Å². The van der Waals surface area contributed by atoms with Crippen molar-refractivity contribution >= 4 is 18.0 Å². The van der Waals surface area contributed by atoms with E-state index in [1.165, 1.54) is 13.2 Å². The van der Waals surface area contributed by atoms with Gasteiger partial charge in [-0.2, -0.15) is 0 Å². The first-order valence-electron chi connectivity index (χ1n) is 4.89. The maximum Gasteiger partial charge on any atom is 0.335 e. The molecule has 0 aliphatic carbocycles. The van der Waals surface area contributed by atoms with Crippen molar-refractivity contribution in [2.75, 3.05) is 7.11 Å². The van der Waals surface area contributed by atoms with E-state index in [9.17, 15) is 9.59 Å². The summed E-state index contributed by atoms with van der Waals surface area (Å²) in [5, 5.41) is 8.87. The highest BCUT2D eigenvalue weighted by Crippen LogP contribution is 2.05. The molecule has 0 bridgehead atoms. The van der Waals surface area contributed by atoms with Crippen LogP contribution in [0.25, 0.3) is 6.08 Å². The fraction of sp³-hybridized carbons (Fsp3) is 0.0769. The van der Waals surface area contributed by atoms with Gasteiger partial charge in [-0.3, -0.25) is 0 Å². The minimum Gasteiger partial charge on any atom is -0.478 e. The van der Waals surface area contributed by atoms with E-state index >= 15 is 0 Å². The molecule has 0 spiro atoms. The number of rotatable bonds is 4. The van der Waals surface area contributed by atoms with Crippen LogP contribution in [0.5, 0.6) is 0 Å². The molecule has 4 heteroatoms. The third kappa shape index (κ3) is 4.34. The SMILES string of the molecule is COC(=O)C=C(C=Cc1ccccc1)C(=O)O. The molecule has 0 heterocycles. The first-order valence-corrected chi connectivity index (χ1v) is 4.89. The fourth-order valence-electron chi connectivity index (χ4n) is 1.12. The number of carbonyl (C=O) groups is 2. The van der Waals surface area contributed by atoms with Crippen LogP contribution in [-0.4, -0.2) is 24.2 Å². The summed E-state index contributed by atoms with van der Waals surface area (Å²) in [4.78, 5) is 21.8. The van der Waals surface area contributed by atoms with Crippen molar-refractivity contribution in [1.82, 2.24) is 0 Å². The van der Waals surface area contributed by atoms with Crippen molar-refractivity contribution in [3.05, 3.63) is 53.6 Å². The van der Waals surface area contributed by atoms with Crippen molar-refractivity contribution in [3.8, 4) is 0 Å². The lowest BCUT2D eigenvalue weighted by Crippen LogP contribution is -2.03. The molecular formula is C13H12O4. The molecule has 88 valence electrons. The molecule has 0 radical (unpaired) electrons. The highest BCUT2D eigenvalue weighted by Gasteiger charge is 2.06. The number of carbonyl (C=O) groups excluding carboxylic acids is 1. The van der Waals surface area contributed by atoms with Crippen molar-refractivity contribution < 1.29 is 19.4 Å². The van der Waals surface area contributed by atoms with Gasteiger partial charge in [-0.05, 0) is 11.6 Å². The van der Waals surface area contributed by atoms with E-state index in [0.29, 0.717) is 0 Å². The number of aliphatic carboxylic acids is 1. The van der Waals surface area contributed by atoms with Crippen LogP contribution in [0.1, 0.15) is 5.56 Å². The molecule has 0 aliphatic heterocycles. The minimum atomic E-state index is -1.18. The van der Waals surface area contributed by atoms with Gasteiger partial charge in [0.1, 0.15) is 0 Å². The number of ether oxygens (including phenoxy) is 1. The van der Waals surface area contributed by atoms with Crippen molar-refractivity contribution in [1.29, 1.82) is 0 Å². The normalized spacial score (nSPS) is 11.5. The third-order valence-electron chi connectivity index (χ3n) is 1.98. The molecule has 0 atom stereocenters. The van der Waals surface area contributed by atoms with Crippen LogP contribution in [0.2, 0.25) is 0 Å². The van der Waals surface area contributed by atoms with Gasteiger partial charge < -0.3 is 9.84 Å². The Kier molecular flexibility index (Phi) is 4.69. The maximum atomic E-state index is 10.9. The van der Waals surface area contributed by atoms with E-state index in [1.54, 1.807) is 6.08 Å². The standard InChI is InChI=1S/C13H12O4/c1-17-12(14)9-11(13(15)16)8-7-10-5-3-2-4-6-10/h2-9H,1H3,(H,15,16). The first-order chi connectivity index (χ1) is 8.13. The summed E-state index contributed by atoms with van der Waals surface area (Å²) in [6.07, 6.45) is 3.90. The Morgan fingerprint density at radius 2 is 1.88 bits per heavy atom. The van der Waals surface area contributed by atoms with Crippen LogP contribution in [0.4, 0.5) is 0 Å². The van der Waals surface area contributed by atoms with Crippen molar-refractivity contribution in [3.63, 3.8) is 0 Å². The predicted octanol–water partition coefficient (Wildman–Crippen LogP) is 1.88. The van der Waals surface area contributed by atoms with Gasteiger partial charge in [0.05, 0.1) is 12.7 Å². The van der Waals surface area contributed by atoms with Crippen LogP contribution >= 0.6 is 0 Å². The number of benzene rings is 1. The molecule has 0 aliphatic rings. The van der Waals surface area contributed by atoms with Gasteiger partial charge in [-0.25, -0.2) is 9.59 Å². The van der Waals surface area contributed by atoms with Crippen LogP contribution in [-0.2, 0) is 14.3 Å². The molecule has 17 heavy (non-hydrogen) atoms. The summed E-state index contributed by atoms with van der Waals surface area (Å²) in [6.45, 7) is 0. The van der Waals surface area contributed by atoms with Crippen molar-refractivity contribution in [2.45, 2.75) is 0 Å². The molecule has 1 aromatic rings. The van der Waals surface area contributed by atoms with Gasteiger partial charge in [-0.1, -0.05) is 36.4 Å². The van der Waals surface area contributed by atoms with E-state index in [1.807, 2.05) is 30.3 Å². The smallest absolute Gasteiger partial charge is 0.335 e. The highest BCUT2D eigenvalue weighted by atomic mass is 16.5. The lowest BCUT2D eigenvalue weighted by molar-refractivity contribution is -0.136. The summed E-state index contributed by atoms with van der Waals surface area (Å²) < 4.78 is 4.37. The van der Waals surface area contributed by atoms with Gasteiger partial charge in [0.2, 0.25) is 0 Å². The Bertz CT molecular complexity index is 458. The Hall–Kier alpha value is -2.36. The number of carboxylic acids is 1. The van der Waals surface area contributed by atoms with E-state index < -0.39 is 11.9 Å². The third-order valence-corrected chi connectivity index (χ3v) is 1.98. The number of methoxy groups -OCH3 is 1. The van der Waals surface area contributed by atoms with E-state index in [2.05, 4.69) is 4.74 Å². The summed E-state index contributed by atoms with van der Waals surface area (Å²) >= 11 is 0. The maximum absolute atomic E-state index is 10.9. The number of hydrogen-bond acceptors (Lipinski definition) is 3. The number of hydrogen-bond donors (Lipinski definition) is 1. The zero-order valence-corrected chi connectivity index (χ0v) is 9.29. The molecule has 1 N–H and O–H groups in total. The van der Waals surface area contributed by atoms with Crippen molar-refractivity contribution in [2.24, 2.45) is 0 Å². The van der Waals surface area contributed by atoms with Gasteiger partial charge in [0.15, 0.2) is 0 Å². The predicted molar refractivity (Wildman–Crippen MR) is 63.2 cm³/mol. The fourth-order valence-corrected chi connectivity index (χ4v) is 1.12. The molecule has 1 aromatic carbocycles. The molecule has 4 nitrogen and oxygen atoms in total. The second-order valence-corrected chi connectivity index (χ2v) is 3.17. The zero-order valence-electron chi connectivity index (χ0n) is 9.29. The summed E-state index contributed by atoms with van der Waals surface area (Å²) in [6, 6.07) is 9.19. The molecule has 0 saturated heterocycles. The van der Waals surface area contributed by atoms with E-state index in [0.717, 1.165) is 11.6 Å². The van der Waals surface area contributed by atoms with Gasteiger partial charge in [0.25, 0.3) is 0 Å². The van der Waals surface area contributed by atoms with Gasteiger partial charge in [-0.15, -0.1) is 0 Å². The Labute approximate surface area is 98.8 Å². The average molecular weight is 232 g/mol. The summed E-state index contributed by atoms with van der Waals surface area (Å²) in [5.74, 6) is -1.87. The summed E-state index contributed by atoms with van der Waals surface area (Å²) in [5.41, 5.74) is 0.727. The number of esters is 1. The molecular weight excluding hydrogens is 220 g/mol. The zero-order chi connectivity index (χ0) is 12.7. The Balaban J connectivity index is 2.89. The Morgan fingerprint density at radius 3 is 2.41 bits per heavy atom. The minimum absolute atomic E-state index is 0.124. The average Bonchev–Trinajstić information content (AvgIpc) is 2.35. The Morgan fingerprint density at radius 1 is 1.24 bits per heavy atom. The second-order valence-electron chi connectivity index (χ2n) is 3.17. The molecule has 0 amide bonds. The van der Waals surface area contributed by atoms with Crippen LogP contribution in [0.15, 0.2) is 48.1 Å². The lowest BCUT2D eigenvalue weighted by atomic mass is 10.1. The van der Waals surface area contributed by atoms with Crippen LogP contribution < -0.4 is 0 Å². The highest BCUT2D eigenvalue weighted by molar-refractivity contribution is 5.98. The molecule has 0 fully saturated rings. The van der Waals surface area contributed by atoms with Crippen LogP contribution in [0.3, 0.4) is 0 Å². The monoisotopic (exact) mass is 232 g/mol. The van der Waals surface area contributed by atoms with Crippen LogP contribution in [0, 0.1) is 0 Å². The molecule has 1 rings (SSSR count). The van der Waals surface area contributed by atoms with E-state index in [-0.39, 0.29) is 5.57 Å². The molecule has 0 unspecified atom stereocenters. The van der Waals surface area contributed by atoms with Gasteiger partial charge in [0, 0.05) is 6.08 Å². The molecule has 0 saturated carbocycles. The quantitative estimate of drug-likeness (QED) is 0.489. The summed E-state index contributed by atoms with van der Waals surface area (Å²) in [7, 11) is 1.19. The largest absolute Gasteiger partial charge is 0.478 e. The van der Waals surface area contributed by atoms with E-state index in [4.69, 9.17) is 5.11 Å². The first kappa shape index (κ1) is 12.7. The van der Waals surface area contributed by atoms with Gasteiger partial charge >= 0.3 is 11.9 Å². The lowest BCUT2D eigenvalue weighted by Gasteiger charge is -1.96. The second kappa shape index (κ2) is 6.27.